The second kappa shape index (κ2) is 8.42. The molecule has 7 nitrogen and oxygen atoms in total. The summed E-state index contributed by atoms with van der Waals surface area (Å²) in [4.78, 5) is 20.0. The molecule has 1 aromatic carbocycles. The van der Waals surface area contributed by atoms with Gasteiger partial charge in [0.15, 0.2) is 0 Å². The van der Waals surface area contributed by atoms with Gasteiger partial charge >= 0.3 is 0 Å². The SMILES string of the molecule is C[C@H](NS(=O)(=O)c1ccccc1F)C(=O)N1CCN(c2ccc(Cl)cn2)CC1. The number of sulfonamides is 1. The molecule has 0 saturated carbocycles. The molecule has 0 radical (unpaired) electrons. The second-order valence-corrected chi connectivity index (χ2v) is 8.54. The van der Waals surface area contributed by atoms with Crippen molar-refractivity contribution in [1.82, 2.24) is 14.6 Å². The maximum absolute atomic E-state index is 13.8. The van der Waals surface area contributed by atoms with E-state index in [2.05, 4.69) is 9.71 Å². The molecular formula is C18H20ClFN4O3S. The molecule has 1 aliphatic heterocycles. The van der Waals surface area contributed by atoms with E-state index in [1.54, 1.807) is 17.2 Å². The Bertz CT molecular complexity index is 948. The highest BCUT2D eigenvalue weighted by Gasteiger charge is 2.29. The number of amides is 1. The third kappa shape index (κ3) is 4.60. The molecule has 2 aromatic rings. The van der Waals surface area contributed by atoms with Crippen molar-refractivity contribution >= 4 is 33.3 Å². The maximum Gasteiger partial charge on any atom is 0.244 e. The number of pyridine rings is 1. The number of aromatic nitrogens is 1. The lowest BCUT2D eigenvalue weighted by molar-refractivity contribution is -0.132. The zero-order valence-corrected chi connectivity index (χ0v) is 16.8. The highest BCUT2D eigenvalue weighted by Crippen LogP contribution is 2.17. The monoisotopic (exact) mass is 426 g/mol. The van der Waals surface area contributed by atoms with Gasteiger partial charge in [0.1, 0.15) is 16.5 Å². The van der Waals surface area contributed by atoms with E-state index in [0.29, 0.717) is 31.2 Å². The summed E-state index contributed by atoms with van der Waals surface area (Å²) in [5.74, 6) is -0.452. The van der Waals surface area contributed by atoms with Crippen molar-refractivity contribution in [2.75, 3.05) is 31.1 Å². The minimum absolute atomic E-state index is 0.358. The highest BCUT2D eigenvalue weighted by molar-refractivity contribution is 7.89. The number of piperazine rings is 1. The summed E-state index contributed by atoms with van der Waals surface area (Å²) in [6, 6.07) is 7.60. The first kappa shape index (κ1) is 20.5. The first-order chi connectivity index (χ1) is 13.3. The molecule has 28 heavy (non-hydrogen) atoms. The van der Waals surface area contributed by atoms with Crippen LogP contribution in [0.15, 0.2) is 47.5 Å². The van der Waals surface area contributed by atoms with Gasteiger partial charge in [-0.25, -0.2) is 17.8 Å². The van der Waals surface area contributed by atoms with Crippen molar-refractivity contribution in [1.29, 1.82) is 0 Å². The number of nitrogens with zero attached hydrogens (tertiary/aromatic N) is 3. The van der Waals surface area contributed by atoms with E-state index in [1.165, 1.54) is 19.1 Å². The highest BCUT2D eigenvalue weighted by atomic mass is 35.5. The number of nitrogens with one attached hydrogen (secondary N) is 1. The molecule has 3 rings (SSSR count). The van der Waals surface area contributed by atoms with Gasteiger partial charge in [-0.05, 0) is 31.2 Å². The Morgan fingerprint density at radius 1 is 1.18 bits per heavy atom. The molecule has 2 heterocycles. The summed E-state index contributed by atoms with van der Waals surface area (Å²) in [5, 5.41) is 0.550. The third-order valence-electron chi connectivity index (χ3n) is 4.46. The van der Waals surface area contributed by atoms with Crippen LogP contribution in [-0.2, 0) is 14.8 Å². The smallest absolute Gasteiger partial charge is 0.244 e. The Kier molecular flexibility index (Phi) is 6.17. The lowest BCUT2D eigenvalue weighted by Crippen LogP contribution is -2.54. The molecule has 0 unspecified atom stereocenters. The predicted octanol–water partition coefficient (Wildman–Crippen LogP) is 1.89. The van der Waals surface area contributed by atoms with E-state index in [-0.39, 0.29) is 5.91 Å². The van der Waals surface area contributed by atoms with Gasteiger partial charge in [0.05, 0.1) is 11.1 Å². The van der Waals surface area contributed by atoms with Gasteiger partial charge in [0.25, 0.3) is 0 Å². The number of hydrogen-bond donors (Lipinski definition) is 1. The first-order valence-electron chi connectivity index (χ1n) is 8.70. The summed E-state index contributed by atoms with van der Waals surface area (Å²) in [6.45, 7) is 3.43. The Balaban J connectivity index is 1.60. The number of benzene rings is 1. The van der Waals surface area contributed by atoms with Crippen molar-refractivity contribution in [3.05, 3.63) is 53.4 Å². The van der Waals surface area contributed by atoms with Crippen LogP contribution >= 0.6 is 11.6 Å². The predicted molar refractivity (Wildman–Crippen MR) is 104 cm³/mol. The fraction of sp³-hybridized carbons (Fsp3) is 0.333. The van der Waals surface area contributed by atoms with E-state index < -0.39 is 26.8 Å². The maximum atomic E-state index is 13.8. The average Bonchev–Trinajstić information content (AvgIpc) is 2.68. The second-order valence-electron chi connectivity index (χ2n) is 6.42. The van der Waals surface area contributed by atoms with Gasteiger partial charge in [0.2, 0.25) is 15.9 Å². The van der Waals surface area contributed by atoms with Crippen LogP contribution in [0.1, 0.15) is 6.92 Å². The van der Waals surface area contributed by atoms with E-state index in [4.69, 9.17) is 11.6 Å². The van der Waals surface area contributed by atoms with Crippen LogP contribution in [0.25, 0.3) is 0 Å². The number of hydrogen-bond acceptors (Lipinski definition) is 5. The van der Waals surface area contributed by atoms with Gasteiger partial charge in [0, 0.05) is 32.4 Å². The van der Waals surface area contributed by atoms with Gasteiger partial charge in [-0.1, -0.05) is 23.7 Å². The molecule has 1 aliphatic rings. The molecule has 0 bridgehead atoms. The molecule has 0 aliphatic carbocycles. The van der Waals surface area contributed by atoms with Crippen LogP contribution in [0.2, 0.25) is 5.02 Å². The lowest BCUT2D eigenvalue weighted by Gasteiger charge is -2.36. The number of rotatable bonds is 5. The molecule has 150 valence electrons. The Labute approximate surface area is 168 Å². The molecule has 1 amide bonds. The summed E-state index contributed by atoms with van der Waals surface area (Å²) in [7, 11) is -4.14. The Morgan fingerprint density at radius 2 is 1.86 bits per heavy atom. The quantitative estimate of drug-likeness (QED) is 0.789. The van der Waals surface area contributed by atoms with Crippen molar-refractivity contribution in [2.24, 2.45) is 0 Å². The van der Waals surface area contributed by atoms with Crippen LogP contribution in [0.4, 0.5) is 10.2 Å². The van der Waals surface area contributed by atoms with E-state index in [0.717, 1.165) is 18.0 Å². The van der Waals surface area contributed by atoms with Gasteiger partial charge in [-0.15, -0.1) is 0 Å². The number of carbonyl (C=O) groups excluding carboxylic acids is 1. The van der Waals surface area contributed by atoms with Crippen molar-refractivity contribution in [3.63, 3.8) is 0 Å². The summed E-state index contributed by atoms with van der Waals surface area (Å²) < 4.78 is 40.8. The Hall–Kier alpha value is -2.23. The van der Waals surface area contributed by atoms with E-state index >= 15 is 0 Å². The van der Waals surface area contributed by atoms with Gasteiger partial charge in [-0.3, -0.25) is 4.79 Å². The number of carbonyl (C=O) groups is 1. The fourth-order valence-corrected chi connectivity index (χ4v) is 4.38. The lowest BCUT2D eigenvalue weighted by atomic mass is 10.2. The van der Waals surface area contributed by atoms with Crippen molar-refractivity contribution < 1.29 is 17.6 Å². The van der Waals surface area contributed by atoms with Crippen molar-refractivity contribution in [3.8, 4) is 0 Å². The molecular weight excluding hydrogens is 407 g/mol. The first-order valence-corrected chi connectivity index (χ1v) is 10.6. The number of halogens is 2. The van der Waals surface area contributed by atoms with Crippen LogP contribution in [0.3, 0.4) is 0 Å². The van der Waals surface area contributed by atoms with Crippen LogP contribution in [0.5, 0.6) is 0 Å². The molecule has 1 N–H and O–H groups in total. The topological polar surface area (TPSA) is 82.6 Å². The van der Waals surface area contributed by atoms with Gasteiger partial charge in [-0.2, -0.15) is 4.72 Å². The molecule has 10 heteroatoms. The van der Waals surface area contributed by atoms with E-state index in [1.807, 2.05) is 11.0 Å². The summed E-state index contributed by atoms with van der Waals surface area (Å²) in [6.07, 6.45) is 1.56. The van der Waals surface area contributed by atoms with Crippen LogP contribution in [-0.4, -0.2) is 56.4 Å². The number of anilines is 1. The average molecular weight is 427 g/mol. The minimum atomic E-state index is -4.14. The summed E-state index contributed by atoms with van der Waals surface area (Å²) in [5.41, 5.74) is 0. The van der Waals surface area contributed by atoms with Crippen molar-refractivity contribution in [2.45, 2.75) is 17.9 Å². The van der Waals surface area contributed by atoms with Gasteiger partial charge < -0.3 is 9.80 Å². The standard InChI is InChI=1S/C18H20ClFN4O3S/c1-13(22-28(26,27)16-5-3-2-4-15(16)20)18(25)24-10-8-23(9-11-24)17-7-6-14(19)12-21-17/h2-7,12-13,22H,8-11H2,1H3/t13-/m0/s1. The Morgan fingerprint density at radius 3 is 2.46 bits per heavy atom. The normalized spacial score (nSPS) is 16.1. The molecule has 1 fully saturated rings. The fourth-order valence-electron chi connectivity index (χ4n) is 2.99. The zero-order chi connectivity index (χ0) is 20.3. The summed E-state index contributed by atoms with van der Waals surface area (Å²) >= 11 is 5.84. The molecule has 1 aromatic heterocycles. The third-order valence-corrected chi connectivity index (χ3v) is 6.25. The largest absolute Gasteiger partial charge is 0.353 e. The van der Waals surface area contributed by atoms with Crippen LogP contribution < -0.4 is 9.62 Å². The van der Waals surface area contributed by atoms with Crippen LogP contribution in [0, 0.1) is 5.82 Å². The molecule has 1 saturated heterocycles. The minimum Gasteiger partial charge on any atom is -0.353 e. The van der Waals surface area contributed by atoms with E-state index in [9.17, 15) is 17.6 Å². The molecule has 0 spiro atoms. The molecule has 1 atom stereocenters. The zero-order valence-electron chi connectivity index (χ0n) is 15.2.